The SMILES string of the molecule is CCCCCC(C)(CC)N(C1=CC=C(C)CC1)c1ccc2oc3ccc(C(C)(CCC)CCCC)cc3c2c1. The van der Waals surface area contributed by atoms with Gasteiger partial charge in [0.15, 0.2) is 0 Å². The molecular formula is C37H53NO. The van der Waals surface area contributed by atoms with Crippen LogP contribution in [-0.4, -0.2) is 5.54 Å². The molecular weight excluding hydrogens is 474 g/mol. The van der Waals surface area contributed by atoms with Gasteiger partial charge in [-0.3, -0.25) is 0 Å². The molecule has 2 aromatic carbocycles. The van der Waals surface area contributed by atoms with Crippen molar-refractivity contribution >= 4 is 27.6 Å². The zero-order chi connectivity index (χ0) is 28.0. The minimum Gasteiger partial charge on any atom is -0.456 e. The maximum absolute atomic E-state index is 6.40. The Balaban J connectivity index is 1.84. The van der Waals surface area contributed by atoms with Gasteiger partial charge >= 0.3 is 0 Å². The number of anilines is 1. The van der Waals surface area contributed by atoms with Crippen LogP contribution in [0, 0.1) is 0 Å². The van der Waals surface area contributed by atoms with Gasteiger partial charge in [0.2, 0.25) is 0 Å². The molecule has 0 aliphatic heterocycles. The summed E-state index contributed by atoms with van der Waals surface area (Å²) in [5.41, 5.74) is 7.98. The number of nitrogens with zero attached hydrogens (tertiary/aromatic N) is 1. The van der Waals surface area contributed by atoms with E-state index in [-0.39, 0.29) is 11.0 Å². The Hall–Kier alpha value is -2.48. The number of hydrogen-bond donors (Lipinski definition) is 0. The second-order valence-corrected chi connectivity index (χ2v) is 12.7. The Kier molecular flexibility index (Phi) is 9.68. The zero-order valence-corrected chi connectivity index (χ0v) is 26.0. The molecule has 1 aliphatic rings. The maximum Gasteiger partial charge on any atom is 0.135 e. The largest absolute Gasteiger partial charge is 0.456 e. The van der Waals surface area contributed by atoms with E-state index in [9.17, 15) is 0 Å². The Morgan fingerprint density at radius 2 is 1.46 bits per heavy atom. The fourth-order valence-electron chi connectivity index (χ4n) is 6.76. The summed E-state index contributed by atoms with van der Waals surface area (Å²) in [5.74, 6) is 0. The third kappa shape index (κ3) is 6.31. The highest BCUT2D eigenvalue weighted by Crippen LogP contribution is 2.42. The predicted octanol–water partition coefficient (Wildman–Crippen LogP) is 12.0. The lowest BCUT2D eigenvalue weighted by atomic mass is 9.74. The lowest BCUT2D eigenvalue weighted by Crippen LogP contribution is -2.46. The van der Waals surface area contributed by atoms with Gasteiger partial charge < -0.3 is 9.32 Å². The summed E-state index contributed by atoms with van der Waals surface area (Å²) in [4.78, 5) is 2.69. The number of benzene rings is 2. The predicted molar refractivity (Wildman–Crippen MR) is 172 cm³/mol. The van der Waals surface area contributed by atoms with Crippen molar-refractivity contribution in [3.8, 4) is 0 Å². The van der Waals surface area contributed by atoms with Crippen LogP contribution in [0.25, 0.3) is 21.9 Å². The summed E-state index contributed by atoms with van der Waals surface area (Å²) in [5, 5.41) is 2.51. The van der Waals surface area contributed by atoms with Crippen molar-refractivity contribution in [1.29, 1.82) is 0 Å². The monoisotopic (exact) mass is 527 g/mol. The van der Waals surface area contributed by atoms with Crippen LogP contribution in [0.5, 0.6) is 0 Å². The van der Waals surface area contributed by atoms with Crippen molar-refractivity contribution in [1.82, 2.24) is 0 Å². The highest BCUT2D eigenvalue weighted by Gasteiger charge is 2.33. The molecule has 2 nitrogen and oxygen atoms in total. The first-order valence-electron chi connectivity index (χ1n) is 15.9. The molecule has 0 N–H and O–H groups in total. The molecule has 1 aromatic heterocycles. The average molecular weight is 528 g/mol. The van der Waals surface area contributed by atoms with Crippen molar-refractivity contribution in [3.63, 3.8) is 0 Å². The van der Waals surface area contributed by atoms with E-state index in [4.69, 9.17) is 4.42 Å². The van der Waals surface area contributed by atoms with Crippen molar-refractivity contribution in [3.05, 3.63) is 65.4 Å². The summed E-state index contributed by atoms with van der Waals surface area (Å²) in [6.45, 7) is 16.5. The Bertz CT molecular complexity index is 1310. The van der Waals surface area contributed by atoms with Crippen LogP contribution in [0.3, 0.4) is 0 Å². The van der Waals surface area contributed by atoms with Gasteiger partial charge in [-0.15, -0.1) is 0 Å². The highest BCUT2D eigenvalue weighted by atomic mass is 16.3. The van der Waals surface area contributed by atoms with E-state index in [1.807, 2.05) is 0 Å². The molecule has 3 aromatic rings. The lowest BCUT2D eigenvalue weighted by Gasteiger charge is -2.45. The second kappa shape index (κ2) is 12.8. The molecule has 2 heteroatoms. The van der Waals surface area contributed by atoms with E-state index < -0.39 is 0 Å². The first kappa shape index (κ1) is 29.5. The molecule has 0 radical (unpaired) electrons. The van der Waals surface area contributed by atoms with Crippen LogP contribution in [0.2, 0.25) is 0 Å². The molecule has 0 spiro atoms. The van der Waals surface area contributed by atoms with Crippen LogP contribution < -0.4 is 4.90 Å². The van der Waals surface area contributed by atoms with Gasteiger partial charge in [-0.1, -0.05) is 90.9 Å². The Labute approximate surface area is 238 Å². The van der Waals surface area contributed by atoms with Gasteiger partial charge in [-0.2, -0.15) is 0 Å². The number of hydrogen-bond acceptors (Lipinski definition) is 2. The molecule has 0 saturated heterocycles. The van der Waals surface area contributed by atoms with Crippen LogP contribution >= 0.6 is 0 Å². The van der Waals surface area contributed by atoms with Gasteiger partial charge in [0.25, 0.3) is 0 Å². The molecule has 2 atom stereocenters. The van der Waals surface area contributed by atoms with Crippen molar-refractivity contribution < 1.29 is 4.42 Å². The van der Waals surface area contributed by atoms with E-state index in [0.29, 0.717) is 0 Å². The van der Waals surface area contributed by atoms with E-state index in [1.54, 1.807) is 0 Å². The van der Waals surface area contributed by atoms with Crippen LogP contribution in [-0.2, 0) is 5.41 Å². The molecule has 1 heterocycles. The molecule has 2 unspecified atom stereocenters. The van der Waals surface area contributed by atoms with Gasteiger partial charge in [-0.05, 0) is 99.8 Å². The summed E-state index contributed by atoms with van der Waals surface area (Å²) in [6, 6.07) is 13.9. The molecule has 212 valence electrons. The van der Waals surface area contributed by atoms with Crippen LogP contribution in [0.4, 0.5) is 5.69 Å². The molecule has 1 aliphatic carbocycles. The van der Waals surface area contributed by atoms with E-state index in [1.165, 1.54) is 91.1 Å². The third-order valence-corrected chi connectivity index (χ3v) is 9.54. The maximum atomic E-state index is 6.40. The Morgan fingerprint density at radius 1 is 0.744 bits per heavy atom. The molecule has 0 bridgehead atoms. The standard InChI is InChI=1S/C37H53NO/c1-8-12-14-25-37(7,11-4)38(30-18-15-28(5)16-19-30)31-20-22-35-33(27-31)32-26-29(17-21-34(32)39-35)36(6,23-10-3)24-13-9-2/h15,17-18,20-22,26-27H,8-14,16,19,23-25H2,1-7H3. The first-order valence-corrected chi connectivity index (χ1v) is 15.9. The summed E-state index contributed by atoms with van der Waals surface area (Å²) in [6.07, 6.45) is 19.3. The fraction of sp³-hybridized carbons (Fsp3) is 0.568. The van der Waals surface area contributed by atoms with Gasteiger partial charge in [0.1, 0.15) is 11.2 Å². The minimum absolute atomic E-state index is 0.0817. The van der Waals surface area contributed by atoms with Gasteiger partial charge in [0.05, 0.1) is 0 Å². The fourth-order valence-corrected chi connectivity index (χ4v) is 6.76. The van der Waals surface area contributed by atoms with Crippen molar-refractivity contribution in [2.24, 2.45) is 0 Å². The quantitative estimate of drug-likeness (QED) is 0.194. The van der Waals surface area contributed by atoms with Crippen LogP contribution in [0.15, 0.2) is 64.2 Å². The minimum atomic E-state index is 0.0817. The molecule has 0 saturated carbocycles. The molecule has 4 rings (SSSR count). The average Bonchev–Trinajstić information content (AvgIpc) is 3.31. The number of unbranched alkanes of at least 4 members (excludes halogenated alkanes) is 3. The normalized spacial score (nSPS) is 17.1. The number of rotatable bonds is 14. The lowest BCUT2D eigenvalue weighted by molar-refractivity contribution is 0.377. The van der Waals surface area contributed by atoms with Crippen LogP contribution in [0.1, 0.15) is 131 Å². The van der Waals surface area contributed by atoms with Crippen molar-refractivity contribution in [2.45, 2.75) is 136 Å². The second-order valence-electron chi connectivity index (χ2n) is 12.7. The zero-order valence-electron chi connectivity index (χ0n) is 26.0. The summed E-state index contributed by atoms with van der Waals surface area (Å²) >= 11 is 0. The molecule has 39 heavy (non-hydrogen) atoms. The first-order chi connectivity index (χ1) is 18.8. The number of allylic oxidation sites excluding steroid dienone is 4. The molecule has 0 fully saturated rings. The smallest absolute Gasteiger partial charge is 0.135 e. The number of furan rings is 1. The van der Waals surface area contributed by atoms with Gasteiger partial charge in [-0.25, -0.2) is 0 Å². The third-order valence-electron chi connectivity index (χ3n) is 9.54. The Morgan fingerprint density at radius 3 is 2.10 bits per heavy atom. The topological polar surface area (TPSA) is 16.4 Å². The van der Waals surface area contributed by atoms with Crippen molar-refractivity contribution in [2.75, 3.05) is 4.90 Å². The summed E-state index contributed by atoms with van der Waals surface area (Å²) in [7, 11) is 0. The van der Waals surface area contributed by atoms with E-state index >= 15 is 0 Å². The number of fused-ring (bicyclic) bond motifs is 3. The highest BCUT2D eigenvalue weighted by molar-refractivity contribution is 6.06. The summed E-state index contributed by atoms with van der Waals surface area (Å²) < 4.78 is 6.40. The van der Waals surface area contributed by atoms with Gasteiger partial charge in [0, 0.05) is 27.7 Å². The van der Waals surface area contributed by atoms with E-state index in [2.05, 4.69) is 102 Å². The molecule has 0 amide bonds. The van der Waals surface area contributed by atoms with E-state index in [0.717, 1.165) is 30.4 Å².